The monoisotopic (exact) mass is 436 g/mol. The van der Waals surface area contributed by atoms with Gasteiger partial charge >= 0.3 is 12.1 Å². The Kier molecular flexibility index (Phi) is 6.44. The van der Waals surface area contributed by atoms with Gasteiger partial charge in [-0.3, -0.25) is 9.59 Å². The first-order chi connectivity index (χ1) is 15.5. The summed E-state index contributed by atoms with van der Waals surface area (Å²) in [6.07, 6.45) is 1.87. The smallest absolute Gasteiger partial charge is 0.407 e. The van der Waals surface area contributed by atoms with E-state index in [0.29, 0.717) is 13.0 Å². The van der Waals surface area contributed by atoms with E-state index in [0.717, 1.165) is 24.0 Å². The van der Waals surface area contributed by atoms with Crippen LogP contribution in [0.15, 0.2) is 48.5 Å². The van der Waals surface area contributed by atoms with Crippen LogP contribution >= 0.6 is 0 Å². The van der Waals surface area contributed by atoms with Crippen molar-refractivity contribution in [3.63, 3.8) is 0 Å². The van der Waals surface area contributed by atoms with Gasteiger partial charge in [-0.15, -0.1) is 0 Å². The number of carboxylic acids is 1. The van der Waals surface area contributed by atoms with Crippen molar-refractivity contribution in [1.82, 2.24) is 10.6 Å². The number of rotatable bonds is 7. The topological polar surface area (TPSA) is 105 Å². The first-order valence-electron chi connectivity index (χ1n) is 11.1. The molecule has 2 amide bonds. The maximum absolute atomic E-state index is 12.4. The molecular weight excluding hydrogens is 408 g/mol. The van der Waals surface area contributed by atoms with E-state index in [9.17, 15) is 14.4 Å². The summed E-state index contributed by atoms with van der Waals surface area (Å²) in [7, 11) is 0. The molecule has 3 atom stereocenters. The Morgan fingerprint density at radius 2 is 1.66 bits per heavy atom. The van der Waals surface area contributed by atoms with Gasteiger partial charge in [0.15, 0.2) is 0 Å². The Bertz CT molecular complexity index is 975. The molecule has 0 saturated heterocycles. The molecule has 32 heavy (non-hydrogen) atoms. The van der Waals surface area contributed by atoms with Gasteiger partial charge in [0.25, 0.3) is 0 Å². The molecule has 0 heterocycles. The van der Waals surface area contributed by atoms with Crippen LogP contribution in [0, 0.1) is 11.8 Å². The lowest BCUT2D eigenvalue weighted by molar-refractivity contribution is -0.142. The van der Waals surface area contributed by atoms with E-state index in [1.165, 1.54) is 18.1 Å². The fourth-order valence-electron chi connectivity index (χ4n) is 4.87. The second-order valence-corrected chi connectivity index (χ2v) is 8.57. The average Bonchev–Trinajstić information content (AvgIpc) is 3.39. The van der Waals surface area contributed by atoms with Gasteiger partial charge in [0.2, 0.25) is 5.91 Å². The second kappa shape index (κ2) is 9.42. The molecule has 0 unspecified atom stereocenters. The lowest BCUT2D eigenvalue weighted by atomic mass is 9.95. The van der Waals surface area contributed by atoms with Crippen LogP contribution in [0.5, 0.6) is 0 Å². The van der Waals surface area contributed by atoms with E-state index < -0.39 is 18.1 Å². The minimum atomic E-state index is -1.07. The number of amides is 2. The van der Waals surface area contributed by atoms with Gasteiger partial charge in [0.05, 0.1) is 0 Å². The Morgan fingerprint density at radius 3 is 2.28 bits per heavy atom. The summed E-state index contributed by atoms with van der Waals surface area (Å²) in [5, 5.41) is 14.3. The summed E-state index contributed by atoms with van der Waals surface area (Å²) in [6, 6.07) is 15.4. The van der Waals surface area contributed by atoms with Gasteiger partial charge in [-0.1, -0.05) is 55.0 Å². The van der Waals surface area contributed by atoms with E-state index in [1.54, 1.807) is 0 Å². The van der Waals surface area contributed by atoms with Crippen LogP contribution in [-0.4, -0.2) is 42.3 Å². The van der Waals surface area contributed by atoms with E-state index in [1.807, 2.05) is 24.3 Å². The molecule has 2 aromatic carbocycles. The summed E-state index contributed by atoms with van der Waals surface area (Å²) in [6.45, 7) is 2.01. The number of aliphatic carboxylic acids is 1. The molecule has 7 heteroatoms. The third-order valence-electron chi connectivity index (χ3n) is 6.58. The molecule has 0 bridgehead atoms. The van der Waals surface area contributed by atoms with E-state index in [4.69, 9.17) is 9.84 Å². The first kappa shape index (κ1) is 21.9. The predicted octanol–water partition coefficient (Wildman–Crippen LogP) is 3.53. The minimum Gasteiger partial charge on any atom is -0.480 e. The number of hydrogen-bond acceptors (Lipinski definition) is 4. The van der Waals surface area contributed by atoms with Crippen molar-refractivity contribution >= 4 is 18.0 Å². The van der Waals surface area contributed by atoms with Crippen molar-refractivity contribution in [1.29, 1.82) is 0 Å². The molecule has 168 valence electrons. The Morgan fingerprint density at radius 1 is 1.03 bits per heavy atom. The molecule has 0 aromatic heterocycles. The molecule has 0 spiro atoms. The summed E-state index contributed by atoms with van der Waals surface area (Å²) in [5.74, 6) is -1.67. The van der Waals surface area contributed by atoms with Gasteiger partial charge < -0.3 is 20.5 Å². The number of nitrogens with one attached hydrogen (secondary N) is 2. The quantitative estimate of drug-likeness (QED) is 0.616. The van der Waals surface area contributed by atoms with Crippen LogP contribution < -0.4 is 10.6 Å². The van der Waals surface area contributed by atoms with Gasteiger partial charge in [-0.05, 0) is 47.9 Å². The van der Waals surface area contributed by atoms with Crippen molar-refractivity contribution in [2.75, 3.05) is 13.2 Å². The largest absolute Gasteiger partial charge is 0.480 e. The van der Waals surface area contributed by atoms with Crippen LogP contribution in [0.25, 0.3) is 11.1 Å². The number of carbonyl (C=O) groups is 3. The molecule has 2 aliphatic carbocycles. The van der Waals surface area contributed by atoms with Gasteiger partial charge in [-0.2, -0.15) is 0 Å². The molecule has 1 saturated carbocycles. The molecular formula is C25H28N2O5. The highest BCUT2D eigenvalue weighted by Crippen LogP contribution is 2.44. The molecule has 1 fully saturated rings. The van der Waals surface area contributed by atoms with Crippen LogP contribution in [0.2, 0.25) is 0 Å². The summed E-state index contributed by atoms with van der Waals surface area (Å²) in [5.41, 5.74) is 4.66. The third-order valence-corrected chi connectivity index (χ3v) is 6.58. The molecule has 4 rings (SSSR count). The predicted molar refractivity (Wildman–Crippen MR) is 119 cm³/mol. The summed E-state index contributed by atoms with van der Waals surface area (Å²) >= 11 is 0. The van der Waals surface area contributed by atoms with E-state index in [-0.39, 0.29) is 30.3 Å². The zero-order valence-electron chi connectivity index (χ0n) is 18.0. The summed E-state index contributed by atoms with van der Waals surface area (Å²) < 4.78 is 5.56. The fourth-order valence-corrected chi connectivity index (χ4v) is 4.87. The summed E-state index contributed by atoms with van der Waals surface area (Å²) in [4.78, 5) is 35.8. The molecule has 0 aliphatic heterocycles. The van der Waals surface area contributed by atoms with Crippen molar-refractivity contribution < 1.29 is 24.2 Å². The highest BCUT2D eigenvalue weighted by Gasteiger charge is 2.34. The maximum atomic E-state index is 12.4. The van der Waals surface area contributed by atoms with Crippen molar-refractivity contribution in [2.24, 2.45) is 11.8 Å². The van der Waals surface area contributed by atoms with E-state index in [2.05, 4.69) is 34.9 Å². The Labute approximate surface area is 187 Å². The number of ether oxygens (including phenoxy) is 1. The van der Waals surface area contributed by atoms with E-state index >= 15 is 0 Å². The van der Waals surface area contributed by atoms with Gasteiger partial charge in [0, 0.05) is 18.4 Å². The maximum Gasteiger partial charge on any atom is 0.407 e. The van der Waals surface area contributed by atoms with Crippen LogP contribution in [0.1, 0.15) is 43.2 Å². The number of benzene rings is 2. The number of hydrogen-bond donors (Lipinski definition) is 3. The lowest BCUT2D eigenvalue weighted by Crippen LogP contribution is -2.44. The van der Waals surface area contributed by atoms with Crippen molar-refractivity contribution in [2.45, 2.75) is 38.1 Å². The molecule has 7 nitrogen and oxygen atoms in total. The van der Waals surface area contributed by atoms with Crippen molar-refractivity contribution in [3.05, 3.63) is 59.7 Å². The number of alkyl carbamates (subject to hydrolysis) is 1. The highest BCUT2D eigenvalue weighted by molar-refractivity contribution is 5.85. The zero-order chi connectivity index (χ0) is 22.7. The Hall–Kier alpha value is -3.35. The van der Waals surface area contributed by atoms with Crippen LogP contribution in [0.4, 0.5) is 4.79 Å². The van der Waals surface area contributed by atoms with Crippen LogP contribution in [0.3, 0.4) is 0 Å². The molecule has 0 radical (unpaired) electrons. The number of carboxylic acid groups (broad SMARTS) is 1. The fraction of sp³-hybridized carbons (Fsp3) is 0.400. The average molecular weight is 437 g/mol. The van der Waals surface area contributed by atoms with Gasteiger partial charge in [0.1, 0.15) is 12.6 Å². The SMILES string of the molecule is C[C@H](NC(=O)[C@@H]1CCC[C@@H]1CNC(=O)OCC1c2ccccc2-c2ccccc21)C(=O)O. The van der Waals surface area contributed by atoms with Crippen molar-refractivity contribution in [3.8, 4) is 11.1 Å². The molecule has 2 aromatic rings. The third kappa shape index (κ3) is 4.47. The molecule has 3 N–H and O–H groups in total. The molecule has 2 aliphatic rings. The van der Waals surface area contributed by atoms with Crippen LogP contribution in [-0.2, 0) is 14.3 Å². The lowest BCUT2D eigenvalue weighted by Gasteiger charge is -2.21. The Balaban J connectivity index is 1.31. The number of fused-ring (bicyclic) bond motifs is 3. The zero-order valence-corrected chi connectivity index (χ0v) is 18.0. The second-order valence-electron chi connectivity index (χ2n) is 8.57. The number of carbonyl (C=O) groups excluding carboxylic acids is 2. The highest BCUT2D eigenvalue weighted by atomic mass is 16.5. The van der Waals surface area contributed by atoms with Gasteiger partial charge in [-0.25, -0.2) is 4.79 Å². The minimum absolute atomic E-state index is 0.00402. The standard InChI is InChI=1S/C25H28N2O5/c1-15(24(29)30)27-23(28)17-12-6-7-16(17)13-26-25(31)32-14-22-20-10-4-2-8-18(20)19-9-3-5-11-21(19)22/h2-5,8-11,15-17,22H,6-7,12-14H2,1H3,(H,26,31)(H,27,28)(H,29,30)/t15-,16+,17+/m0/s1. The first-order valence-corrected chi connectivity index (χ1v) is 11.1. The normalized spacial score (nSPS) is 20.2.